The van der Waals surface area contributed by atoms with Crippen LogP contribution in [0.2, 0.25) is 0 Å². The Morgan fingerprint density at radius 3 is 2.26 bits per heavy atom. The summed E-state index contributed by atoms with van der Waals surface area (Å²) in [6.07, 6.45) is 0.697. The van der Waals surface area contributed by atoms with Gasteiger partial charge in [0.15, 0.2) is 0 Å². The number of fused-ring (bicyclic) bond motifs is 1. The van der Waals surface area contributed by atoms with Crippen molar-refractivity contribution in [1.29, 1.82) is 0 Å². The number of ketones is 1. The number of esters is 1. The first-order valence-electron chi connectivity index (χ1n) is 10.0. The van der Waals surface area contributed by atoms with Gasteiger partial charge in [-0.05, 0) is 24.5 Å². The summed E-state index contributed by atoms with van der Waals surface area (Å²) >= 11 is 0. The molecule has 0 N–H and O–H groups in total. The summed E-state index contributed by atoms with van der Waals surface area (Å²) < 4.78 is 7.32. The summed E-state index contributed by atoms with van der Waals surface area (Å²) in [5, 5.41) is 0. The van der Waals surface area contributed by atoms with E-state index in [4.69, 9.17) is 4.74 Å². The Hall–Kier alpha value is -2.36. The molecule has 148 valence electrons. The van der Waals surface area contributed by atoms with E-state index < -0.39 is 0 Å². The summed E-state index contributed by atoms with van der Waals surface area (Å²) in [4.78, 5) is 24.9. The molecule has 4 nitrogen and oxygen atoms in total. The zero-order chi connectivity index (χ0) is 20.4. The fraction of sp³-hybridized carbons (Fsp3) is 0.478. The molecule has 0 amide bonds. The third-order valence-electron chi connectivity index (χ3n) is 4.12. The number of ether oxygens (including phenoxy) is 1. The number of benzene rings is 1. The summed E-state index contributed by atoms with van der Waals surface area (Å²) in [6.45, 7) is 13.1. The van der Waals surface area contributed by atoms with E-state index in [-0.39, 0.29) is 17.7 Å². The molecule has 2 heterocycles. The Balaban J connectivity index is 0.000000855. The molecule has 0 aliphatic carbocycles. The van der Waals surface area contributed by atoms with E-state index in [2.05, 4.69) is 0 Å². The van der Waals surface area contributed by atoms with Gasteiger partial charge in [-0.3, -0.25) is 9.59 Å². The maximum Gasteiger partial charge on any atom is 0.315 e. The fourth-order valence-corrected chi connectivity index (χ4v) is 2.97. The highest BCUT2D eigenvalue weighted by molar-refractivity contribution is 6.08. The van der Waals surface area contributed by atoms with E-state index in [9.17, 15) is 9.59 Å². The highest BCUT2D eigenvalue weighted by atomic mass is 16.5. The second kappa shape index (κ2) is 11.4. The van der Waals surface area contributed by atoms with Crippen molar-refractivity contribution >= 4 is 11.8 Å². The number of hydrogen-bond acceptors (Lipinski definition) is 3. The average molecular weight is 372 g/mol. The van der Waals surface area contributed by atoms with Crippen LogP contribution in [-0.2, 0) is 16.1 Å². The summed E-state index contributed by atoms with van der Waals surface area (Å²) in [5.74, 6) is -0.129. The highest BCUT2D eigenvalue weighted by Crippen LogP contribution is 2.32. The molecule has 0 radical (unpaired) electrons. The number of carbonyl (C=O) groups excluding carboxylic acids is 2. The quantitative estimate of drug-likeness (QED) is 0.518. The van der Waals surface area contributed by atoms with Crippen LogP contribution in [0.25, 0.3) is 0 Å². The van der Waals surface area contributed by atoms with Gasteiger partial charge in [0.05, 0.1) is 18.2 Å². The monoisotopic (exact) mass is 371 g/mol. The molecular formula is C23H33NO3. The normalized spacial score (nSPS) is 14.4. The number of hydrogen-bond donors (Lipinski definition) is 0. The van der Waals surface area contributed by atoms with Gasteiger partial charge in [0.1, 0.15) is 0 Å². The zero-order valence-electron chi connectivity index (χ0n) is 17.5. The van der Waals surface area contributed by atoms with Gasteiger partial charge in [0.2, 0.25) is 5.78 Å². The van der Waals surface area contributed by atoms with E-state index in [1.807, 2.05) is 88.6 Å². The second-order valence-electron chi connectivity index (χ2n) is 6.36. The van der Waals surface area contributed by atoms with Crippen molar-refractivity contribution in [3.8, 4) is 0 Å². The Labute approximate surface area is 163 Å². The molecular weight excluding hydrogens is 338 g/mol. The maximum absolute atomic E-state index is 12.6. The van der Waals surface area contributed by atoms with Crippen LogP contribution in [0.4, 0.5) is 0 Å². The smallest absolute Gasteiger partial charge is 0.315 e. The molecule has 0 bridgehead atoms. The van der Waals surface area contributed by atoms with Crippen LogP contribution in [0, 0.1) is 5.92 Å². The van der Waals surface area contributed by atoms with Gasteiger partial charge >= 0.3 is 5.97 Å². The zero-order valence-corrected chi connectivity index (χ0v) is 17.5. The molecule has 2 aromatic rings. The molecule has 4 heteroatoms. The minimum atomic E-state index is -0.258. The van der Waals surface area contributed by atoms with E-state index >= 15 is 0 Å². The second-order valence-corrected chi connectivity index (χ2v) is 6.36. The molecule has 0 saturated carbocycles. The minimum absolute atomic E-state index is 0.00644. The lowest BCUT2D eigenvalue weighted by molar-refractivity contribution is -0.146. The van der Waals surface area contributed by atoms with Crippen molar-refractivity contribution in [2.75, 3.05) is 6.61 Å². The van der Waals surface area contributed by atoms with E-state index in [1.54, 1.807) is 0 Å². The molecule has 1 atom stereocenters. The number of rotatable bonds is 5. The van der Waals surface area contributed by atoms with E-state index in [1.165, 1.54) is 0 Å². The standard InChI is InChI=1S/C19H21NO3.2C2H6/c1-13(2)12-23-19(22)15-10-11-20-16(15)8-9-17(20)18(21)14-6-4-3-5-7-14;2*1-2/h3-9,13,15H,10-12H2,1-2H3;2*1-2H3. The third-order valence-corrected chi connectivity index (χ3v) is 4.12. The predicted molar refractivity (Wildman–Crippen MR) is 110 cm³/mol. The van der Waals surface area contributed by atoms with Crippen molar-refractivity contribution in [3.05, 3.63) is 59.4 Å². The highest BCUT2D eigenvalue weighted by Gasteiger charge is 2.33. The molecule has 0 spiro atoms. The van der Waals surface area contributed by atoms with Crippen LogP contribution in [-0.4, -0.2) is 22.9 Å². The Morgan fingerprint density at radius 2 is 1.67 bits per heavy atom. The Bertz CT molecular complexity index is 716. The van der Waals surface area contributed by atoms with E-state index in [0.717, 1.165) is 5.69 Å². The minimum Gasteiger partial charge on any atom is -0.465 e. The van der Waals surface area contributed by atoms with Gasteiger partial charge in [-0.15, -0.1) is 0 Å². The molecule has 1 unspecified atom stereocenters. The maximum atomic E-state index is 12.6. The summed E-state index contributed by atoms with van der Waals surface area (Å²) in [7, 11) is 0. The molecule has 0 fully saturated rings. The van der Waals surface area contributed by atoms with Gasteiger partial charge in [-0.25, -0.2) is 0 Å². The van der Waals surface area contributed by atoms with Gasteiger partial charge < -0.3 is 9.30 Å². The fourth-order valence-electron chi connectivity index (χ4n) is 2.97. The first kappa shape index (κ1) is 22.7. The summed E-state index contributed by atoms with van der Waals surface area (Å²) in [5.41, 5.74) is 2.20. The molecule has 0 saturated heterocycles. The van der Waals surface area contributed by atoms with Crippen LogP contribution < -0.4 is 0 Å². The van der Waals surface area contributed by atoms with Crippen molar-refractivity contribution < 1.29 is 14.3 Å². The molecule has 1 aromatic heterocycles. The van der Waals surface area contributed by atoms with Gasteiger partial charge in [-0.2, -0.15) is 0 Å². The molecule has 1 aliphatic heterocycles. The lowest BCUT2D eigenvalue weighted by Crippen LogP contribution is -2.16. The average Bonchev–Trinajstić information content (AvgIpc) is 3.31. The van der Waals surface area contributed by atoms with Crippen LogP contribution in [0.5, 0.6) is 0 Å². The SMILES string of the molecule is CC.CC.CC(C)COC(=O)C1CCn2c(C(=O)c3ccccc3)ccc21. The van der Waals surface area contributed by atoms with Gasteiger partial charge in [0.25, 0.3) is 0 Å². The topological polar surface area (TPSA) is 48.3 Å². The Morgan fingerprint density at radius 1 is 1.04 bits per heavy atom. The van der Waals surface area contributed by atoms with Crippen LogP contribution in [0.1, 0.15) is 75.6 Å². The van der Waals surface area contributed by atoms with Crippen LogP contribution in [0.15, 0.2) is 42.5 Å². The third kappa shape index (κ3) is 5.56. The van der Waals surface area contributed by atoms with Crippen LogP contribution >= 0.6 is 0 Å². The molecule has 3 rings (SSSR count). The summed E-state index contributed by atoms with van der Waals surface area (Å²) in [6, 6.07) is 12.9. The van der Waals surface area contributed by atoms with Crippen LogP contribution in [0.3, 0.4) is 0 Å². The molecule has 1 aliphatic rings. The first-order valence-corrected chi connectivity index (χ1v) is 10.0. The predicted octanol–water partition coefficient (Wildman–Crippen LogP) is 5.46. The first-order chi connectivity index (χ1) is 13.1. The van der Waals surface area contributed by atoms with Gasteiger partial charge in [-0.1, -0.05) is 71.9 Å². The number of carbonyl (C=O) groups is 2. The van der Waals surface area contributed by atoms with E-state index in [0.29, 0.717) is 36.7 Å². The van der Waals surface area contributed by atoms with Gasteiger partial charge in [0, 0.05) is 17.8 Å². The largest absolute Gasteiger partial charge is 0.465 e. The Kier molecular flexibility index (Phi) is 9.55. The molecule has 27 heavy (non-hydrogen) atoms. The lowest BCUT2D eigenvalue weighted by Gasteiger charge is -2.11. The molecule has 1 aromatic carbocycles. The van der Waals surface area contributed by atoms with Crippen molar-refractivity contribution in [2.45, 2.75) is 60.4 Å². The van der Waals surface area contributed by atoms with Crippen molar-refractivity contribution in [1.82, 2.24) is 4.57 Å². The lowest BCUT2D eigenvalue weighted by atomic mass is 10.1. The number of nitrogens with zero attached hydrogens (tertiary/aromatic N) is 1. The number of aromatic nitrogens is 1. The van der Waals surface area contributed by atoms with Crippen molar-refractivity contribution in [2.24, 2.45) is 5.92 Å². The van der Waals surface area contributed by atoms with Crippen molar-refractivity contribution in [3.63, 3.8) is 0 Å².